The van der Waals surface area contributed by atoms with Crippen LogP contribution in [-0.2, 0) is 4.74 Å². The Bertz CT molecular complexity index is 123. The molecule has 1 heterocycles. The second kappa shape index (κ2) is 1.65. The molecule has 36 valence electrons. The van der Waals surface area contributed by atoms with Gasteiger partial charge in [0.05, 0.1) is 12.3 Å². The molecule has 0 aromatic rings. The van der Waals surface area contributed by atoms with Crippen LogP contribution in [0, 0.1) is 17.2 Å². The van der Waals surface area contributed by atoms with Crippen molar-refractivity contribution in [2.75, 3.05) is 6.61 Å². The van der Waals surface area contributed by atoms with Gasteiger partial charge in [0, 0.05) is 0 Å². The van der Waals surface area contributed by atoms with Crippen LogP contribution < -0.4 is 0 Å². The van der Waals surface area contributed by atoms with E-state index in [0.29, 0.717) is 6.61 Å². The summed E-state index contributed by atoms with van der Waals surface area (Å²) >= 11 is 0. The number of hydrogen-bond donors (Lipinski definition) is 0. The summed E-state index contributed by atoms with van der Waals surface area (Å²) < 4.78 is 4.74. The van der Waals surface area contributed by atoms with Crippen LogP contribution in [0.2, 0.25) is 0 Å². The normalized spacial score (nSPS) is 26.4. The molecule has 0 bridgehead atoms. The summed E-state index contributed by atoms with van der Waals surface area (Å²) in [6.45, 7) is 0.538. The van der Waals surface area contributed by atoms with Gasteiger partial charge in [0.25, 0.3) is 0 Å². The van der Waals surface area contributed by atoms with Crippen molar-refractivity contribution in [3.8, 4) is 6.07 Å². The number of hydrogen-bond acceptors (Lipinski definition) is 2. The maximum Gasteiger partial charge on any atom is 0.107 e. The van der Waals surface area contributed by atoms with Crippen molar-refractivity contribution in [1.82, 2.24) is 0 Å². The molecule has 2 nitrogen and oxygen atoms in total. The molecule has 0 spiro atoms. The Kier molecular flexibility index (Phi) is 0.991. The molecule has 1 unspecified atom stereocenters. The summed E-state index contributed by atoms with van der Waals surface area (Å²) in [5, 5.41) is 8.18. The van der Waals surface area contributed by atoms with E-state index in [4.69, 9.17) is 10.00 Å². The molecule has 0 saturated heterocycles. The highest BCUT2D eigenvalue weighted by atomic mass is 16.5. The van der Waals surface area contributed by atoms with Gasteiger partial charge in [-0.3, -0.25) is 0 Å². The second-order valence-electron chi connectivity index (χ2n) is 1.40. The van der Waals surface area contributed by atoms with Gasteiger partial charge in [0.2, 0.25) is 0 Å². The van der Waals surface area contributed by atoms with E-state index in [-0.39, 0.29) is 5.92 Å². The van der Waals surface area contributed by atoms with Gasteiger partial charge in [-0.15, -0.1) is 0 Å². The van der Waals surface area contributed by atoms with Crippen molar-refractivity contribution in [2.45, 2.75) is 0 Å². The summed E-state index contributed by atoms with van der Waals surface area (Å²) in [5.74, 6) is -0.000000000000000444. The number of nitriles is 1. The van der Waals surface area contributed by atoms with Crippen LogP contribution in [0.15, 0.2) is 12.3 Å². The van der Waals surface area contributed by atoms with Gasteiger partial charge in [-0.2, -0.15) is 5.26 Å². The SMILES string of the molecule is N#CC1C=COC1. The first-order valence-electron chi connectivity index (χ1n) is 2.11. The van der Waals surface area contributed by atoms with E-state index >= 15 is 0 Å². The van der Waals surface area contributed by atoms with Crippen molar-refractivity contribution in [1.29, 1.82) is 5.26 Å². The van der Waals surface area contributed by atoms with Crippen molar-refractivity contribution < 1.29 is 4.74 Å². The van der Waals surface area contributed by atoms with Gasteiger partial charge < -0.3 is 4.74 Å². The molecule has 0 saturated carbocycles. The Morgan fingerprint density at radius 1 is 1.86 bits per heavy atom. The highest BCUT2D eigenvalue weighted by molar-refractivity contribution is 5.01. The zero-order chi connectivity index (χ0) is 5.11. The molecule has 0 aromatic carbocycles. The second-order valence-corrected chi connectivity index (χ2v) is 1.40. The third kappa shape index (κ3) is 0.716. The van der Waals surface area contributed by atoms with Gasteiger partial charge in [0.1, 0.15) is 12.5 Å². The quantitative estimate of drug-likeness (QED) is 0.443. The van der Waals surface area contributed by atoms with E-state index < -0.39 is 0 Å². The molecule has 0 aliphatic carbocycles. The maximum atomic E-state index is 8.18. The third-order valence-corrected chi connectivity index (χ3v) is 0.849. The topological polar surface area (TPSA) is 33.0 Å². The van der Waals surface area contributed by atoms with Gasteiger partial charge in [0.15, 0.2) is 0 Å². The lowest BCUT2D eigenvalue weighted by Crippen LogP contribution is -1.92. The van der Waals surface area contributed by atoms with Crippen LogP contribution in [0.5, 0.6) is 0 Å². The van der Waals surface area contributed by atoms with E-state index in [2.05, 4.69) is 6.07 Å². The highest BCUT2D eigenvalue weighted by Gasteiger charge is 2.06. The Balaban J connectivity index is 2.47. The Morgan fingerprint density at radius 3 is 3.00 bits per heavy atom. The predicted octanol–water partition coefficient (Wildman–Crippen LogP) is 0.670. The summed E-state index contributed by atoms with van der Waals surface area (Å²) in [7, 11) is 0. The Morgan fingerprint density at radius 2 is 2.71 bits per heavy atom. The number of nitrogens with zero attached hydrogens (tertiary/aromatic N) is 1. The predicted molar refractivity (Wildman–Crippen MR) is 24.2 cm³/mol. The molecular formula is C5H5NO. The fourth-order valence-electron chi connectivity index (χ4n) is 0.445. The average molecular weight is 95.1 g/mol. The fourth-order valence-corrected chi connectivity index (χ4v) is 0.445. The van der Waals surface area contributed by atoms with Crippen LogP contribution >= 0.6 is 0 Å². The molecule has 1 rings (SSSR count). The van der Waals surface area contributed by atoms with Crippen molar-refractivity contribution >= 4 is 0 Å². The molecule has 2 heteroatoms. The first-order chi connectivity index (χ1) is 3.43. The summed E-state index contributed by atoms with van der Waals surface area (Å²) in [6.07, 6.45) is 3.31. The van der Waals surface area contributed by atoms with E-state index in [1.54, 1.807) is 12.3 Å². The van der Waals surface area contributed by atoms with Crippen LogP contribution in [0.1, 0.15) is 0 Å². The van der Waals surface area contributed by atoms with Crippen LogP contribution in [0.25, 0.3) is 0 Å². The first-order valence-corrected chi connectivity index (χ1v) is 2.11. The lowest BCUT2D eigenvalue weighted by atomic mass is 10.2. The molecule has 1 aliphatic rings. The van der Waals surface area contributed by atoms with Gasteiger partial charge in [-0.25, -0.2) is 0 Å². The molecule has 0 aromatic heterocycles. The van der Waals surface area contributed by atoms with Crippen molar-refractivity contribution in [2.24, 2.45) is 5.92 Å². The van der Waals surface area contributed by atoms with E-state index in [9.17, 15) is 0 Å². The van der Waals surface area contributed by atoms with E-state index in [1.807, 2.05) is 0 Å². The summed E-state index contributed by atoms with van der Waals surface area (Å²) in [5.41, 5.74) is 0. The lowest BCUT2D eigenvalue weighted by Gasteiger charge is -1.88. The molecule has 7 heavy (non-hydrogen) atoms. The molecule has 0 radical (unpaired) electrons. The standard InChI is InChI=1S/C5H5NO/c6-3-5-1-2-7-4-5/h1-2,5H,4H2. The first kappa shape index (κ1) is 4.20. The third-order valence-electron chi connectivity index (χ3n) is 0.849. The number of rotatable bonds is 0. The van der Waals surface area contributed by atoms with Crippen molar-refractivity contribution in [3.63, 3.8) is 0 Å². The van der Waals surface area contributed by atoms with E-state index in [1.165, 1.54) is 0 Å². The number of ether oxygens (including phenoxy) is 1. The average Bonchev–Trinajstić information content (AvgIpc) is 2.14. The zero-order valence-corrected chi connectivity index (χ0v) is 3.79. The van der Waals surface area contributed by atoms with Gasteiger partial charge in [-0.1, -0.05) is 0 Å². The largest absolute Gasteiger partial charge is 0.500 e. The minimum atomic E-state index is -0.000000000000000444. The monoisotopic (exact) mass is 95.0 g/mol. The Hall–Kier alpha value is -0.970. The van der Waals surface area contributed by atoms with Gasteiger partial charge >= 0.3 is 0 Å². The Labute approximate surface area is 42.0 Å². The molecule has 0 fully saturated rings. The minimum Gasteiger partial charge on any atom is -0.500 e. The smallest absolute Gasteiger partial charge is 0.107 e. The highest BCUT2D eigenvalue weighted by Crippen LogP contribution is 2.04. The summed E-state index contributed by atoms with van der Waals surface area (Å²) in [4.78, 5) is 0. The lowest BCUT2D eigenvalue weighted by molar-refractivity contribution is 0.265. The van der Waals surface area contributed by atoms with Crippen LogP contribution in [0.3, 0.4) is 0 Å². The molecule has 1 atom stereocenters. The molecule has 0 N–H and O–H groups in total. The fraction of sp³-hybridized carbons (Fsp3) is 0.400. The van der Waals surface area contributed by atoms with E-state index in [0.717, 1.165) is 0 Å². The maximum absolute atomic E-state index is 8.18. The minimum absolute atomic E-state index is 0.000000000000000444. The summed E-state index contributed by atoms with van der Waals surface area (Å²) in [6, 6.07) is 2.05. The van der Waals surface area contributed by atoms with Crippen LogP contribution in [-0.4, -0.2) is 6.61 Å². The zero-order valence-electron chi connectivity index (χ0n) is 3.79. The molecular weight excluding hydrogens is 90.1 g/mol. The molecule has 1 aliphatic heterocycles. The van der Waals surface area contributed by atoms with Crippen molar-refractivity contribution in [3.05, 3.63) is 12.3 Å². The van der Waals surface area contributed by atoms with Gasteiger partial charge in [-0.05, 0) is 6.08 Å². The molecule has 0 amide bonds. The van der Waals surface area contributed by atoms with Crippen LogP contribution in [0.4, 0.5) is 0 Å².